The van der Waals surface area contributed by atoms with E-state index in [1.165, 1.54) is 13.0 Å². The number of hydrazine groups is 1. The maximum Gasteiger partial charge on any atom is 0.498 e. The maximum absolute atomic E-state index is 14.7. The Bertz CT molecular complexity index is 934. The number of halogens is 4. The van der Waals surface area contributed by atoms with Gasteiger partial charge in [-0.3, -0.25) is 4.79 Å². The summed E-state index contributed by atoms with van der Waals surface area (Å²) in [5.74, 6) is 2.59. The predicted octanol–water partition coefficient (Wildman–Crippen LogP) is 4.36. The Balaban J connectivity index is 2.21. The van der Waals surface area contributed by atoms with E-state index in [0.29, 0.717) is 12.3 Å². The summed E-state index contributed by atoms with van der Waals surface area (Å²) in [5, 5.41) is 5.10. The molecule has 35 heavy (non-hydrogen) atoms. The van der Waals surface area contributed by atoms with Crippen LogP contribution in [0.1, 0.15) is 34.6 Å². The van der Waals surface area contributed by atoms with Gasteiger partial charge in [0.25, 0.3) is 0 Å². The lowest BCUT2D eigenvalue weighted by atomic mass is 9.85. The second kappa shape index (κ2) is 10.8. The van der Waals surface area contributed by atoms with Gasteiger partial charge in [-0.2, -0.15) is 0 Å². The summed E-state index contributed by atoms with van der Waals surface area (Å²) in [7, 11) is 0. The van der Waals surface area contributed by atoms with E-state index < -0.39 is 35.3 Å². The SMILES string of the molecule is C=C(/C=C(/C1C=C(OC(C)(C)C)C=C(F)C1C)N(N)C(F)(F)F)NCOC(=C)[C@H]1CNC(=O)[C@@H]1C. The van der Waals surface area contributed by atoms with Crippen LogP contribution in [0.3, 0.4) is 0 Å². The fraction of sp³-hybridized carbons (Fsp3) is 0.542. The standard InChI is InChI=1S/C24H34F4N4O3/c1-13(31-12-34-16(4)19-11-30-22(33)15(19)3)8-21(32(29)24(26,27)28)18-9-17(35-23(5,6)7)10-20(25)14(18)2/h8-10,14-15,18-19,31H,1,4,11-12,29H2,2-3,5-7H3,(H,30,33)/b21-8-/t14?,15-,18?,19+/m1/s1. The molecule has 1 aliphatic carbocycles. The average molecular weight is 503 g/mol. The summed E-state index contributed by atoms with van der Waals surface area (Å²) in [6, 6.07) is 0. The van der Waals surface area contributed by atoms with Crippen LogP contribution in [0.25, 0.3) is 0 Å². The van der Waals surface area contributed by atoms with E-state index in [2.05, 4.69) is 23.8 Å². The van der Waals surface area contributed by atoms with Crippen LogP contribution in [0.2, 0.25) is 0 Å². The number of carbonyl (C=O) groups excluding carboxylic acids is 1. The van der Waals surface area contributed by atoms with E-state index in [9.17, 15) is 22.4 Å². The lowest BCUT2D eigenvalue weighted by Gasteiger charge is -2.34. The highest BCUT2D eigenvalue weighted by Crippen LogP contribution is 2.39. The van der Waals surface area contributed by atoms with Crippen LogP contribution in [0.5, 0.6) is 0 Å². The zero-order valence-corrected chi connectivity index (χ0v) is 20.6. The monoisotopic (exact) mass is 502 g/mol. The number of alkyl halides is 3. The fourth-order valence-electron chi connectivity index (χ4n) is 3.72. The molecule has 1 saturated heterocycles. The van der Waals surface area contributed by atoms with Crippen molar-refractivity contribution >= 4 is 5.91 Å². The lowest BCUT2D eigenvalue weighted by molar-refractivity contribution is -0.236. The Kier molecular flexibility index (Phi) is 8.70. The first kappa shape index (κ1) is 28.3. The zero-order chi connectivity index (χ0) is 26.7. The number of carbonyl (C=O) groups is 1. The van der Waals surface area contributed by atoms with Gasteiger partial charge in [0.05, 0.1) is 5.76 Å². The first-order valence-electron chi connectivity index (χ1n) is 11.1. The Morgan fingerprint density at radius 2 is 1.91 bits per heavy atom. The molecule has 1 amide bonds. The maximum atomic E-state index is 14.7. The number of hydrogen-bond donors (Lipinski definition) is 3. The van der Waals surface area contributed by atoms with E-state index in [1.54, 1.807) is 27.7 Å². The second-order valence-corrected chi connectivity index (χ2v) is 9.63. The van der Waals surface area contributed by atoms with Gasteiger partial charge in [0, 0.05) is 47.7 Å². The number of nitrogens with zero attached hydrogens (tertiary/aromatic N) is 1. The number of nitrogens with one attached hydrogen (secondary N) is 2. The van der Waals surface area contributed by atoms with Gasteiger partial charge in [-0.05, 0) is 32.9 Å². The third-order valence-electron chi connectivity index (χ3n) is 5.72. The minimum absolute atomic E-state index is 0.0509. The topological polar surface area (TPSA) is 88.8 Å². The van der Waals surface area contributed by atoms with Crippen molar-refractivity contribution in [3.63, 3.8) is 0 Å². The van der Waals surface area contributed by atoms with Crippen LogP contribution in [0, 0.1) is 23.7 Å². The molecule has 4 N–H and O–H groups in total. The summed E-state index contributed by atoms with van der Waals surface area (Å²) in [5.41, 5.74) is -1.07. The van der Waals surface area contributed by atoms with E-state index in [4.69, 9.17) is 15.3 Å². The van der Waals surface area contributed by atoms with Crippen LogP contribution in [0.15, 0.2) is 60.1 Å². The predicted molar refractivity (Wildman–Crippen MR) is 124 cm³/mol. The third-order valence-corrected chi connectivity index (χ3v) is 5.72. The van der Waals surface area contributed by atoms with Crippen LogP contribution < -0.4 is 16.5 Å². The molecule has 11 heteroatoms. The Hall–Kier alpha value is -2.95. The number of amides is 1. The molecule has 7 nitrogen and oxygen atoms in total. The highest BCUT2D eigenvalue weighted by Gasteiger charge is 2.41. The molecule has 1 aliphatic heterocycles. The summed E-state index contributed by atoms with van der Waals surface area (Å²) in [6.45, 7) is 16.2. The zero-order valence-electron chi connectivity index (χ0n) is 20.6. The van der Waals surface area contributed by atoms with Gasteiger partial charge < -0.3 is 20.1 Å². The minimum atomic E-state index is -4.93. The van der Waals surface area contributed by atoms with Gasteiger partial charge in [-0.15, -0.1) is 13.2 Å². The van der Waals surface area contributed by atoms with Crippen LogP contribution in [-0.4, -0.2) is 36.1 Å². The molecular formula is C24H34F4N4O3. The molecule has 0 aromatic carbocycles. The molecule has 0 spiro atoms. The van der Waals surface area contributed by atoms with Crippen molar-refractivity contribution in [1.29, 1.82) is 0 Å². The Morgan fingerprint density at radius 1 is 1.29 bits per heavy atom. The van der Waals surface area contributed by atoms with Crippen molar-refractivity contribution in [3.05, 3.63) is 60.1 Å². The Labute approximate surface area is 203 Å². The number of ether oxygens (including phenoxy) is 2. The second-order valence-electron chi connectivity index (χ2n) is 9.63. The van der Waals surface area contributed by atoms with E-state index in [0.717, 1.165) is 12.2 Å². The summed E-state index contributed by atoms with van der Waals surface area (Å²) >= 11 is 0. The molecule has 0 aromatic heterocycles. The van der Waals surface area contributed by atoms with Crippen molar-refractivity contribution in [2.75, 3.05) is 13.3 Å². The number of nitrogens with two attached hydrogens (primary N) is 1. The average Bonchev–Trinajstić information content (AvgIpc) is 3.05. The lowest BCUT2D eigenvalue weighted by Crippen LogP contribution is -2.46. The molecule has 2 unspecified atom stereocenters. The molecule has 2 rings (SSSR count). The van der Waals surface area contributed by atoms with Gasteiger partial charge in [-0.1, -0.05) is 27.0 Å². The van der Waals surface area contributed by atoms with E-state index in [-0.39, 0.29) is 40.9 Å². The molecule has 0 bridgehead atoms. The molecule has 1 fully saturated rings. The smallest absolute Gasteiger partial charge is 0.488 e. The highest BCUT2D eigenvalue weighted by atomic mass is 19.4. The Morgan fingerprint density at radius 3 is 2.43 bits per heavy atom. The van der Waals surface area contributed by atoms with Crippen molar-refractivity contribution in [2.24, 2.45) is 29.5 Å². The van der Waals surface area contributed by atoms with Crippen molar-refractivity contribution in [2.45, 2.75) is 46.5 Å². The molecule has 196 valence electrons. The molecule has 0 radical (unpaired) electrons. The first-order chi connectivity index (χ1) is 16.0. The van der Waals surface area contributed by atoms with Gasteiger partial charge in [0.2, 0.25) is 5.91 Å². The van der Waals surface area contributed by atoms with Crippen molar-refractivity contribution in [1.82, 2.24) is 15.6 Å². The quantitative estimate of drug-likeness (QED) is 0.0826. The van der Waals surface area contributed by atoms with E-state index in [1.807, 2.05) is 0 Å². The molecule has 0 aromatic rings. The number of rotatable bonds is 9. The summed E-state index contributed by atoms with van der Waals surface area (Å²) in [4.78, 5) is 11.6. The molecule has 0 saturated carbocycles. The third kappa shape index (κ3) is 7.51. The molecular weight excluding hydrogens is 468 g/mol. The molecule has 4 atom stereocenters. The molecule has 2 aliphatic rings. The normalized spacial score (nSPS) is 25.3. The van der Waals surface area contributed by atoms with Crippen molar-refractivity contribution < 1.29 is 31.8 Å². The van der Waals surface area contributed by atoms with Crippen LogP contribution in [-0.2, 0) is 14.3 Å². The number of hydrogen-bond acceptors (Lipinski definition) is 6. The first-order valence-corrected chi connectivity index (χ1v) is 11.1. The van der Waals surface area contributed by atoms with Crippen LogP contribution in [0.4, 0.5) is 17.6 Å². The van der Waals surface area contributed by atoms with Gasteiger partial charge in [0.15, 0.2) is 6.73 Å². The van der Waals surface area contributed by atoms with Crippen molar-refractivity contribution in [3.8, 4) is 0 Å². The minimum Gasteiger partial charge on any atom is -0.488 e. The summed E-state index contributed by atoms with van der Waals surface area (Å²) < 4.78 is 66.6. The fourth-order valence-corrected chi connectivity index (χ4v) is 3.72. The highest BCUT2D eigenvalue weighted by molar-refractivity contribution is 5.81. The van der Waals surface area contributed by atoms with Gasteiger partial charge >= 0.3 is 6.30 Å². The van der Waals surface area contributed by atoms with Crippen LogP contribution >= 0.6 is 0 Å². The molecule has 1 heterocycles. The largest absolute Gasteiger partial charge is 0.498 e. The van der Waals surface area contributed by atoms with E-state index >= 15 is 0 Å². The number of allylic oxidation sites excluding steroid dienone is 4. The van der Waals surface area contributed by atoms with Gasteiger partial charge in [-0.25, -0.2) is 15.2 Å². The summed E-state index contributed by atoms with van der Waals surface area (Å²) in [6.07, 6.45) is -1.26. The van der Waals surface area contributed by atoms with Gasteiger partial charge in [0.1, 0.15) is 17.2 Å².